The van der Waals surface area contributed by atoms with E-state index in [4.69, 9.17) is 0 Å². The minimum absolute atomic E-state index is 0.0150. The number of thioether (sulfide) groups is 1. The Balaban J connectivity index is 1.74. The molecule has 0 saturated heterocycles. The number of hydrogen-bond donors (Lipinski definition) is 2. The van der Waals surface area contributed by atoms with Crippen molar-refractivity contribution < 1.29 is 26.4 Å². The van der Waals surface area contributed by atoms with Crippen LogP contribution in [0.25, 0.3) is 0 Å². The molecule has 2 N–H and O–H groups in total. The first-order valence-electron chi connectivity index (χ1n) is 9.39. The number of anilines is 1. The van der Waals surface area contributed by atoms with Crippen molar-refractivity contribution >= 4 is 33.2 Å². The molecule has 3 aromatic rings. The highest BCUT2D eigenvalue weighted by Crippen LogP contribution is 2.31. The second kappa shape index (κ2) is 9.40. The number of benzene rings is 2. The lowest BCUT2D eigenvalue weighted by Crippen LogP contribution is -2.20. The van der Waals surface area contributed by atoms with Gasteiger partial charge in [-0.25, -0.2) is 13.4 Å². The number of nitrogens with one attached hydrogen (secondary N) is 2. The van der Waals surface area contributed by atoms with Crippen LogP contribution in [0.15, 0.2) is 68.4 Å². The van der Waals surface area contributed by atoms with E-state index >= 15 is 0 Å². The van der Waals surface area contributed by atoms with E-state index in [9.17, 15) is 31.2 Å². The Labute approximate surface area is 191 Å². The molecular weight excluding hydrogens is 479 g/mol. The minimum atomic E-state index is -4.74. The third-order valence-corrected chi connectivity index (χ3v) is 7.13. The van der Waals surface area contributed by atoms with Gasteiger partial charge in [-0.3, -0.25) is 9.59 Å². The summed E-state index contributed by atoms with van der Waals surface area (Å²) in [5, 5.41) is 2.71. The maximum Gasteiger partial charge on any atom is 0.416 e. The van der Waals surface area contributed by atoms with Gasteiger partial charge in [0.25, 0.3) is 5.56 Å². The summed E-state index contributed by atoms with van der Waals surface area (Å²) in [5.41, 5.74) is 0.343. The van der Waals surface area contributed by atoms with Crippen LogP contribution in [-0.4, -0.2) is 30.0 Å². The minimum Gasteiger partial charge on any atom is -0.325 e. The predicted octanol–water partition coefficient (Wildman–Crippen LogP) is 3.97. The number of aryl methyl sites for hydroxylation is 2. The van der Waals surface area contributed by atoms with Gasteiger partial charge in [0.2, 0.25) is 15.7 Å². The number of halogens is 3. The number of rotatable bonds is 6. The highest BCUT2D eigenvalue weighted by Gasteiger charge is 2.32. The number of H-pyrrole nitrogens is 1. The summed E-state index contributed by atoms with van der Waals surface area (Å²) in [5.74, 6) is -0.481. The Morgan fingerprint density at radius 3 is 2.52 bits per heavy atom. The largest absolute Gasteiger partial charge is 0.416 e. The highest BCUT2D eigenvalue weighted by atomic mass is 32.2. The lowest BCUT2D eigenvalue weighted by Gasteiger charge is -2.10. The Morgan fingerprint density at radius 1 is 1.15 bits per heavy atom. The molecule has 0 aliphatic rings. The van der Waals surface area contributed by atoms with Crippen molar-refractivity contribution in [3.8, 4) is 0 Å². The van der Waals surface area contributed by atoms with Crippen molar-refractivity contribution in [2.45, 2.75) is 35.0 Å². The van der Waals surface area contributed by atoms with E-state index in [1.807, 2.05) is 26.0 Å². The smallest absolute Gasteiger partial charge is 0.325 e. The first kappa shape index (κ1) is 24.5. The van der Waals surface area contributed by atoms with Gasteiger partial charge in [0.1, 0.15) is 0 Å². The van der Waals surface area contributed by atoms with E-state index in [1.165, 1.54) is 0 Å². The van der Waals surface area contributed by atoms with Gasteiger partial charge in [-0.15, -0.1) is 0 Å². The number of carbonyl (C=O) groups excluding carboxylic acids is 1. The molecule has 0 atom stereocenters. The molecule has 0 saturated carbocycles. The molecular formula is C21H18F3N3O4S2. The normalized spacial score (nSPS) is 11.9. The van der Waals surface area contributed by atoms with Gasteiger partial charge in [-0.1, -0.05) is 35.5 Å². The van der Waals surface area contributed by atoms with Crippen molar-refractivity contribution in [2.75, 3.05) is 11.1 Å². The molecule has 0 aliphatic heterocycles. The lowest BCUT2D eigenvalue weighted by molar-refractivity contribution is -0.137. The number of amides is 1. The van der Waals surface area contributed by atoms with E-state index in [0.717, 1.165) is 47.3 Å². The maximum atomic E-state index is 12.9. The fraction of sp³-hybridized carbons (Fsp3) is 0.190. The number of carbonyl (C=O) groups is 1. The monoisotopic (exact) mass is 497 g/mol. The Kier molecular flexibility index (Phi) is 6.98. The van der Waals surface area contributed by atoms with Crippen LogP contribution in [0.1, 0.15) is 16.7 Å². The van der Waals surface area contributed by atoms with Crippen molar-refractivity contribution in [2.24, 2.45) is 0 Å². The first-order valence-corrected chi connectivity index (χ1v) is 11.9. The van der Waals surface area contributed by atoms with Gasteiger partial charge in [-0.05, 0) is 43.7 Å². The Hall–Kier alpha value is -3.12. The fourth-order valence-electron chi connectivity index (χ4n) is 2.87. The summed E-state index contributed by atoms with van der Waals surface area (Å²) in [6.07, 6.45) is -3.98. The Morgan fingerprint density at radius 2 is 1.88 bits per heavy atom. The van der Waals surface area contributed by atoms with Crippen molar-refractivity contribution in [1.82, 2.24) is 9.97 Å². The standard InChI is InChI=1S/C21H18F3N3O4S2/c1-12-6-7-16(13(2)8-12)26-18(28)11-32-20-25-10-17(19(29)27-20)33(30,31)15-5-3-4-14(9-15)21(22,23)24/h3-10H,11H2,1-2H3,(H,26,28)(H,25,27,29). The average molecular weight is 498 g/mol. The molecule has 7 nitrogen and oxygen atoms in total. The molecule has 12 heteroatoms. The summed E-state index contributed by atoms with van der Waals surface area (Å²) >= 11 is 0.870. The number of aromatic amines is 1. The molecule has 0 spiro atoms. The Bertz CT molecular complexity index is 1370. The molecule has 1 heterocycles. The fourth-order valence-corrected chi connectivity index (χ4v) is 4.78. The number of hydrogen-bond acceptors (Lipinski definition) is 6. The molecule has 0 aliphatic carbocycles. The SMILES string of the molecule is Cc1ccc(NC(=O)CSc2ncc(S(=O)(=O)c3cccc(C(F)(F)F)c3)c(=O)[nH]2)c(C)c1. The van der Waals surface area contributed by atoms with Crippen LogP contribution in [0.2, 0.25) is 0 Å². The summed E-state index contributed by atoms with van der Waals surface area (Å²) in [6, 6.07) is 8.60. The van der Waals surface area contributed by atoms with Crippen LogP contribution in [0.5, 0.6) is 0 Å². The van der Waals surface area contributed by atoms with Gasteiger partial charge in [0, 0.05) is 5.69 Å². The number of aromatic nitrogens is 2. The van der Waals surface area contributed by atoms with Gasteiger partial charge >= 0.3 is 6.18 Å². The van der Waals surface area contributed by atoms with Gasteiger partial charge in [-0.2, -0.15) is 13.2 Å². The highest BCUT2D eigenvalue weighted by molar-refractivity contribution is 7.99. The van der Waals surface area contributed by atoms with E-state index in [1.54, 1.807) is 6.07 Å². The summed E-state index contributed by atoms with van der Waals surface area (Å²) < 4.78 is 64.1. The second-order valence-electron chi connectivity index (χ2n) is 7.07. The van der Waals surface area contributed by atoms with Crippen LogP contribution < -0.4 is 10.9 Å². The molecule has 1 amide bonds. The molecule has 0 fully saturated rings. The maximum absolute atomic E-state index is 12.9. The second-order valence-corrected chi connectivity index (χ2v) is 9.95. The summed E-state index contributed by atoms with van der Waals surface area (Å²) in [4.78, 5) is 29.1. The zero-order valence-electron chi connectivity index (χ0n) is 17.4. The molecule has 3 rings (SSSR count). The molecule has 33 heavy (non-hydrogen) atoms. The topological polar surface area (TPSA) is 109 Å². The van der Waals surface area contributed by atoms with Crippen LogP contribution in [0.3, 0.4) is 0 Å². The molecule has 2 aromatic carbocycles. The van der Waals surface area contributed by atoms with Crippen LogP contribution in [-0.2, 0) is 20.8 Å². The van der Waals surface area contributed by atoms with Crippen LogP contribution in [0.4, 0.5) is 18.9 Å². The zero-order valence-corrected chi connectivity index (χ0v) is 19.0. The first-order chi connectivity index (χ1) is 15.4. The van der Waals surface area contributed by atoms with Crippen LogP contribution >= 0.6 is 11.8 Å². The van der Waals surface area contributed by atoms with Crippen molar-refractivity contribution in [3.63, 3.8) is 0 Å². The van der Waals surface area contributed by atoms with Gasteiger partial charge in [0.15, 0.2) is 10.1 Å². The van der Waals surface area contributed by atoms with Crippen molar-refractivity contribution in [3.05, 3.63) is 75.7 Å². The van der Waals surface area contributed by atoms with E-state index in [0.29, 0.717) is 11.8 Å². The molecule has 0 unspecified atom stereocenters. The van der Waals surface area contributed by atoms with Crippen molar-refractivity contribution in [1.29, 1.82) is 0 Å². The molecule has 0 radical (unpaired) electrons. The predicted molar refractivity (Wildman–Crippen MR) is 117 cm³/mol. The van der Waals surface area contributed by atoms with Gasteiger partial charge < -0.3 is 10.3 Å². The van der Waals surface area contributed by atoms with E-state index < -0.39 is 36.9 Å². The zero-order chi connectivity index (χ0) is 24.4. The van der Waals surface area contributed by atoms with Crippen LogP contribution in [0, 0.1) is 13.8 Å². The number of nitrogens with zero attached hydrogens (tertiary/aromatic N) is 1. The molecule has 0 bridgehead atoms. The average Bonchev–Trinajstić information content (AvgIpc) is 2.73. The molecule has 1 aromatic heterocycles. The summed E-state index contributed by atoms with van der Waals surface area (Å²) in [6.45, 7) is 3.77. The third kappa shape index (κ3) is 5.82. The van der Waals surface area contributed by atoms with E-state index in [2.05, 4.69) is 15.3 Å². The quantitative estimate of drug-likeness (QED) is 0.394. The van der Waals surface area contributed by atoms with E-state index in [-0.39, 0.29) is 16.8 Å². The number of alkyl halides is 3. The van der Waals surface area contributed by atoms with Gasteiger partial charge in [0.05, 0.1) is 22.4 Å². The number of sulfone groups is 1. The summed E-state index contributed by atoms with van der Waals surface area (Å²) in [7, 11) is -4.54. The lowest BCUT2D eigenvalue weighted by atomic mass is 10.1. The molecule has 174 valence electrons. The third-order valence-electron chi connectivity index (χ3n) is 4.50.